The summed E-state index contributed by atoms with van der Waals surface area (Å²) in [5.74, 6) is -2.01. The number of nitrogen functional groups attached to an aromatic ring is 1. The number of benzene rings is 2. The Morgan fingerprint density at radius 2 is 1.87 bits per heavy atom. The molecule has 9 heteroatoms. The minimum Gasteiger partial charge on any atom is -0.396 e. The van der Waals surface area contributed by atoms with Gasteiger partial charge in [-0.3, -0.25) is 4.79 Å². The van der Waals surface area contributed by atoms with Crippen LogP contribution in [0, 0.1) is 17.5 Å². The monoisotopic (exact) mass is 418 g/mol. The zero-order valence-electron chi connectivity index (χ0n) is 16.1. The number of anilines is 2. The number of carbonyl (C=O) groups excluding carboxylic acids is 2. The number of hydrogen-bond donors (Lipinski definition) is 3. The van der Waals surface area contributed by atoms with Gasteiger partial charge in [-0.1, -0.05) is 0 Å². The number of halogens is 3. The van der Waals surface area contributed by atoms with Gasteiger partial charge >= 0.3 is 6.03 Å². The fourth-order valence-corrected chi connectivity index (χ4v) is 4.05. The molecule has 0 bridgehead atoms. The van der Waals surface area contributed by atoms with Gasteiger partial charge in [-0.2, -0.15) is 0 Å². The molecule has 1 spiro atoms. The molecule has 2 aliphatic rings. The van der Waals surface area contributed by atoms with Crippen molar-refractivity contribution in [3.8, 4) is 0 Å². The number of carbonyl (C=O) groups is 2. The first-order valence-corrected chi connectivity index (χ1v) is 9.63. The maximum Gasteiger partial charge on any atom is 0.317 e. The zero-order chi connectivity index (χ0) is 21.5. The van der Waals surface area contributed by atoms with Gasteiger partial charge in [0.15, 0.2) is 5.78 Å². The number of ketones is 1. The quantitative estimate of drug-likeness (QED) is 0.652. The number of nitrogens with one attached hydrogen (secondary N) is 2. The molecule has 2 aliphatic heterocycles. The third-order valence-electron chi connectivity index (χ3n) is 5.78. The van der Waals surface area contributed by atoms with Crippen molar-refractivity contribution in [1.29, 1.82) is 0 Å². The van der Waals surface area contributed by atoms with Gasteiger partial charge in [-0.15, -0.1) is 0 Å². The van der Waals surface area contributed by atoms with Crippen molar-refractivity contribution in [1.82, 2.24) is 10.2 Å². The molecule has 0 aliphatic carbocycles. The minimum absolute atomic E-state index is 0.00640. The van der Waals surface area contributed by atoms with E-state index in [1.807, 2.05) is 0 Å². The number of nitrogens with two attached hydrogens (primary N) is 1. The fourth-order valence-electron chi connectivity index (χ4n) is 4.05. The highest BCUT2D eigenvalue weighted by Gasteiger charge is 2.41. The molecule has 2 aromatic rings. The Bertz CT molecular complexity index is 1020. The summed E-state index contributed by atoms with van der Waals surface area (Å²) in [7, 11) is 0. The second kappa shape index (κ2) is 7.55. The van der Waals surface area contributed by atoms with Gasteiger partial charge in [0.05, 0.1) is 5.69 Å². The van der Waals surface area contributed by atoms with Crippen LogP contribution in [0.1, 0.15) is 35.2 Å². The Hall–Kier alpha value is -3.23. The Morgan fingerprint density at radius 1 is 1.13 bits per heavy atom. The van der Waals surface area contributed by atoms with Crippen molar-refractivity contribution >= 4 is 23.2 Å². The minimum atomic E-state index is -0.742. The van der Waals surface area contributed by atoms with Gasteiger partial charge in [-0.05, 0) is 37.1 Å². The summed E-state index contributed by atoms with van der Waals surface area (Å²) in [6.45, 7) is 0.613. The summed E-state index contributed by atoms with van der Waals surface area (Å²) >= 11 is 0. The van der Waals surface area contributed by atoms with E-state index in [0.29, 0.717) is 37.2 Å². The maximum atomic E-state index is 13.9. The molecule has 1 fully saturated rings. The van der Waals surface area contributed by atoms with E-state index in [-0.39, 0.29) is 30.0 Å². The molecule has 30 heavy (non-hydrogen) atoms. The largest absolute Gasteiger partial charge is 0.396 e. The summed E-state index contributed by atoms with van der Waals surface area (Å²) in [5.41, 5.74) is 5.50. The molecule has 0 radical (unpaired) electrons. The van der Waals surface area contributed by atoms with Crippen LogP contribution in [0.25, 0.3) is 0 Å². The number of fused-ring (bicyclic) bond motifs is 1. The lowest BCUT2D eigenvalue weighted by Crippen LogP contribution is -2.55. The predicted octanol–water partition coefficient (Wildman–Crippen LogP) is 3.43. The molecule has 2 heterocycles. The van der Waals surface area contributed by atoms with Gasteiger partial charge in [0, 0.05) is 54.5 Å². The Morgan fingerprint density at radius 3 is 2.60 bits per heavy atom. The number of urea groups is 1. The Balaban J connectivity index is 1.36. The molecule has 2 aromatic carbocycles. The third-order valence-corrected chi connectivity index (χ3v) is 5.78. The van der Waals surface area contributed by atoms with Crippen LogP contribution in [-0.2, 0) is 6.54 Å². The first-order chi connectivity index (χ1) is 14.3. The second-order valence-electron chi connectivity index (χ2n) is 7.81. The van der Waals surface area contributed by atoms with E-state index in [0.717, 1.165) is 12.1 Å². The number of likely N-dealkylation sites (tertiary alicyclic amines) is 1. The van der Waals surface area contributed by atoms with Crippen molar-refractivity contribution in [2.45, 2.75) is 31.3 Å². The van der Waals surface area contributed by atoms with Crippen molar-refractivity contribution < 1.29 is 22.8 Å². The van der Waals surface area contributed by atoms with E-state index < -0.39 is 29.0 Å². The number of rotatable bonds is 2. The van der Waals surface area contributed by atoms with Crippen molar-refractivity contribution in [2.75, 3.05) is 24.1 Å². The SMILES string of the molecule is Nc1cc(F)c(CNC(=O)N2CCC3(CC2)CC(=O)c2cc(F)ccc2N3)cc1F. The van der Waals surface area contributed by atoms with Crippen LogP contribution in [0.5, 0.6) is 0 Å². The Labute approximate surface area is 171 Å². The summed E-state index contributed by atoms with van der Waals surface area (Å²) in [6, 6.07) is 5.55. The molecule has 6 nitrogen and oxygen atoms in total. The standard InChI is InChI=1S/C21H21F3N4O2/c22-13-1-2-18-14(8-13)19(29)10-21(27-18)3-5-28(6-4-21)20(30)26-11-12-7-16(24)17(25)9-15(12)23/h1-2,7-9,27H,3-6,10-11,25H2,(H,26,30). The van der Waals surface area contributed by atoms with E-state index in [9.17, 15) is 22.8 Å². The van der Waals surface area contributed by atoms with Crippen molar-refractivity contribution in [3.63, 3.8) is 0 Å². The van der Waals surface area contributed by atoms with Gasteiger partial charge < -0.3 is 21.3 Å². The summed E-state index contributed by atoms with van der Waals surface area (Å²) in [5, 5.41) is 5.95. The fraction of sp³-hybridized carbons (Fsp3) is 0.333. The van der Waals surface area contributed by atoms with Crippen LogP contribution in [-0.4, -0.2) is 35.3 Å². The van der Waals surface area contributed by atoms with Crippen LogP contribution in [0.2, 0.25) is 0 Å². The van der Waals surface area contributed by atoms with Gasteiger partial charge in [0.25, 0.3) is 0 Å². The van der Waals surface area contributed by atoms with Gasteiger partial charge in [0.2, 0.25) is 0 Å². The number of amides is 2. The lowest BCUT2D eigenvalue weighted by Gasteiger charge is -2.45. The van der Waals surface area contributed by atoms with Crippen LogP contribution in [0.4, 0.5) is 29.3 Å². The lowest BCUT2D eigenvalue weighted by molar-refractivity contribution is 0.0915. The van der Waals surface area contributed by atoms with E-state index in [1.165, 1.54) is 12.1 Å². The van der Waals surface area contributed by atoms with Gasteiger partial charge in [-0.25, -0.2) is 18.0 Å². The molecule has 0 unspecified atom stereocenters. The van der Waals surface area contributed by atoms with Crippen molar-refractivity contribution in [3.05, 3.63) is 58.9 Å². The number of piperidine rings is 1. The van der Waals surface area contributed by atoms with E-state index in [2.05, 4.69) is 10.6 Å². The lowest BCUT2D eigenvalue weighted by atomic mass is 9.78. The average Bonchev–Trinajstić information content (AvgIpc) is 2.71. The predicted molar refractivity (Wildman–Crippen MR) is 106 cm³/mol. The number of Topliss-reactive ketones (excluding diaryl/α,β-unsaturated/α-hetero) is 1. The summed E-state index contributed by atoms with van der Waals surface area (Å²) < 4.78 is 40.8. The average molecular weight is 418 g/mol. The number of hydrogen-bond acceptors (Lipinski definition) is 4. The molecule has 0 atom stereocenters. The highest BCUT2D eigenvalue weighted by molar-refractivity contribution is 6.04. The first kappa shape index (κ1) is 20.1. The van der Waals surface area contributed by atoms with E-state index in [4.69, 9.17) is 5.73 Å². The first-order valence-electron chi connectivity index (χ1n) is 9.63. The zero-order valence-corrected chi connectivity index (χ0v) is 16.1. The molecule has 0 aromatic heterocycles. The highest BCUT2D eigenvalue weighted by Crippen LogP contribution is 2.37. The van der Waals surface area contributed by atoms with Crippen LogP contribution >= 0.6 is 0 Å². The van der Waals surface area contributed by atoms with Crippen molar-refractivity contribution in [2.24, 2.45) is 0 Å². The smallest absolute Gasteiger partial charge is 0.317 e. The summed E-state index contributed by atoms with van der Waals surface area (Å²) in [4.78, 5) is 26.5. The highest BCUT2D eigenvalue weighted by atomic mass is 19.1. The molecular formula is C21H21F3N4O2. The van der Waals surface area contributed by atoms with E-state index in [1.54, 1.807) is 11.0 Å². The third kappa shape index (κ3) is 3.79. The number of nitrogens with zero attached hydrogens (tertiary/aromatic N) is 1. The summed E-state index contributed by atoms with van der Waals surface area (Å²) in [6.07, 6.45) is 1.30. The van der Waals surface area contributed by atoms with Crippen LogP contribution in [0.15, 0.2) is 30.3 Å². The molecule has 4 rings (SSSR count). The second-order valence-corrected chi connectivity index (χ2v) is 7.81. The van der Waals surface area contributed by atoms with Crippen LogP contribution in [0.3, 0.4) is 0 Å². The van der Waals surface area contributed by atoms with Gasteiger partial charge in [0.1, 0.15) is 17.5 Å². The molecule has 1 saturated heterocycles. The Kier molecular flexibility index (Phi) is 5.05. The molecule has 2 amide bonds. The maximum absolute atomic E-state index is 13.9. The molecule has 4 N–H and O–H groups in total. The molecule has 158 valence electrons. The normalized spacial score (nSPS) is 17.4. The topological polar surface area (TPSA) is 87.5 Å². The molecular weight excluding hydrogens is 397 g/mol. The van der Waals surface area contributed by atoms with E-state index >= 15 is 0 Å². The molecule has 0 saturated carbocycles. The van der Waals surface area contributed by atoms with Crippen LogP contribution < -0.4 is 16.4 Å².